The lowest BCUT2D eigenvalue weighted by molar-refractivity contribution is -0.115. The minimum atomic E-state index is -0.400. The van der Waals surface area contributed by atoms with Gasteiger partial charge in [-0.25, -0.2) is 9.79 Å². The molecule has 2 aliphatic rings. The summed E-state index contributed by atoms with van der Waals surface area (Å²) in [5, 5.41) is 3.26. The van der Waals surface area contributed by atoms with Crippen LogP contribution in [0.25, 0.3) is 6.08 Å². The zero-order chi connectivity index (χ0) is 18.8. The zero-order valence-corrected chi connectivity index (χ0v) is 15.3. The van der Waals surface area contributed by atoms with Gasteiger partial charge in [0.15, 0.2) is 5.17 Å². The highest BCUT2D eigenvalue weighted by molar-refractivity contribution is 8.18. The summed E-state index contributed by atoms with van der Waals surface area (Å²) in [5.74, 6) is 0.336. The molecule has 1 saturated heterocycles. The molecule has 0 saturated carbocycles. The highest BCUT2D eigenvalue weighted by Gasteiger charge is 2.24. The molecule has 1 fully saturated rings. The number of nitrogens with zero attached hydrogens (tertiary/aromatic N) is 1. The van der Waals surface area contributed by atoms with E-state index in [2.05, 4.69) is 15.0 Å². The first kappa shape index (κ1) is 17.4. The number of methoxy groups -OCH3 is 1. The average Bonchev–Trinajstić information content (AvgIpc) is 3.28. The lowest BCUT2D eigenvalue weighted by atomic mass is 10.1. The molecule has 7 heteroatoms. The number of amides is 1. The number of carbonyl (C=O) groups excluding carboxylic acids is 2. The van der Waals surface area contributed by atoms with Gasteiger partial charge >= 0.3 is 5.97 Å². The fourth-order valence-corrected chi connectivity index (χ4v) is 3.68. The van der Waals surface area contributed by atoms with Crippen molar-refractivity contribution in [3.8, 4) is 5.75 Å². The van der Waals surface area contributed by atoms with Gasteiger partial charge in [0, 0.05) is 6.42 Å². The standard InChI is InChI=1S/C20H16N2O4S/c1-25-19(24)13-3-5-15(6-4-13)21-20-22-18(23)17(27-20)11-12-2-7-16-14(10-12)8-9-26-16/h2-7,10-11H,8-9H2,1H3,(H,21,22,23)/b17-11-. The van der Waals surface area contributed by atoms with Crippen LogP contribution >= 0.6 is 11.8 Å². The van der Waals surface area contributed by atoms with Crippen LogP contribution < -0.4 is 10.1 Å². The number of rotatable bonds is 3. The van der Waals surface area contributed by atoms with Crippen LogP contribution in [0.5, 0.6) is 5.75 Å². The third-order valence-electron chi connectivity index (χ3n) is 4.18. The van der Waals surface area contributed by atoms with Gasteiger partial charge in [0.2, 0.25) is 0 Å². The number of esters is 1. The molecule has 6 nitrogen and oxygen atoms in total. The van der Waals surface area contributed by atoms with Crippen LogP contribution in [0.2, 0.25) is 0 Å². The van der Waals surface area contributed by atoms with Crippen molar-refractivity contribution in [2.45, 2.75) is 6.42 Å². The number of hydrogen-bond donors (Lipinski definition) is 1. The Kier molecular flexibility index (Phi) is 4.68. The summed E-state index contributed by atoms with van der Waals surface area (Å²) >= 11 is 1.28. The number of benzene rings is 2. The molecule has 0 atom stereocenters. The van der Waals surface area contributed by atoms with E-state index < -0.39 is 5.97 Å². The second kappa shape index (κ2) is 7.28. The predicted molar refractivity (Wildman–Crippen MR) is 104 cm³/mol. The quantitative estimate of drug-likeness (QED) is 0.653. The molecular weight excluding hydrogens is 364 g/mol. The molecule has 1 N–H and O–H groups in total. The fraction of sp³-hybridized carbons (Fsp3) is 0.150. The Morgan fingerprint density at radius 3 is 2.85 bits per heavy atom. The topological polar surface area (TPSA) is 77.0 Å². The smallest absolute Gasteiger partial charge is 0.337 e. The molecular formula is C20H16N2O4S. The summed E-state index contributed by atoms with van der Waals surface area (Å²) in [4.78, 5) is 28.7. The van der Waals surface area contributed by atoms with Crippen LogP contribution in [-0.2, 0) is 16.0 Å². The van der Waals surface area contributed by atoms with Crippen LogP contribution in [0.3, 0.4) is 0 Å². The molecule has 0 aliphatic carbocycles. The number of fused-ring (bicyclic) bond motifs is 1. The largest absolute Gasteiger partial charge is 0.493 e. The molecule has 0 unspecified atom stereocenters. The third kappa shape index (κ3) is 3.73. The maximum absolute atomic E-state index is 12.2. The summed E-state index contributed by atoms with van der Waals surface area (Å²) < 4.78 is 10.2. The molecule has 0 spiro atoms. The Hall–Kier alpha value is -3.06. The number of aliphatic imine (C=N–C) groups is 1. The predicted octanol–water partition coefficient (Wildman–Crippen LogP) is 3.30. The number of hydrogen-bond acceptors (Lipinski definition) is 6. The second-order valence-electron chi connectivity index (χ2n) is 5.99. The Morgan fingerprint density at radius 1 is 1.26 bits per heavy atom. The Balaban J connectivity index is 1.51. The number of nitrogens with one attached hydrogen (secondary N) is 1. The van der Waals surface area contributed by atoms with Gasteiger partial charge in [-0.2, -0.15) is 0 Å². The van der Waals surface area contributed by atoms with Crippen molar-refractivity contribution in [3.63, 3.8) is 0 Å². The fourth-order valence-electron chi connectivity index (χ4n) is 2.84. The third-order valence-corrected chi connectivity index (χ3v) is 5.09. The number of amidine groups is 1. The van der Waals surface area contributed by atoms with E-state index in [1.54, 1.807) is 24.3 Å². The van der Waals surface area contributed by atoms with Crippen molar-refractivity contribution in [1.82, 2.24) is 5.32 Å². The van der Waals surface area contributed by atoms with Crippen LogP contribution in [0.4, 0.5) is 5.69 Å². The Morgan fingerprint density at radius 2 is 2.07 bits per heavy atom. The maximum atomic E-state index is 12.2. The van der Waals surface area contributed by atoms with Gasteiger partial charge < -0.3 is 14.8 Å². The van der Waals surface area contributed by atoms with Gasteiger partial charge in [-0.05, 0) is 65.4 Å². The molecule has 1 amide bonds. The van der Waals surface area contributed by atoms with E-state index in [0.717, 1.165) is 23.3 Å². The Labute approximate surface area is 160 Å². The minimum Gasteiger partial charge on any atom is -0.493 e. The SMILES string of the molecule is COC(=O)c1ccc(N=C2NC(=O)/C(=C/c3ccc4c(c3)CCO4)S2)cc1. The minimum absolute atomic E-state index is 0.179. The van der Waals surface area contributed by atoms with Gasteiger partial charge in [-0.3, -0.25) is 4.79 Å². The molecule has 136 valence electrons. The first-order valence-electron chi connectivity index (χ1n) is 8.36. The van der Waals surface area contributed by atoms with E-state index in [0.29, 0.717) is 27.9 Å². The van der Waals surface area contributed by atoms with E-state index in [1.165, 1.54) is 18.9 Å². The van der Waals surface area contributed by atoms with Gasteiger partial charge in [0.1, 0.15) is 5.75 Å². The summed E-state index contributed by atoms with van der Waals surface area (Å²) in [6.45, 7) is 0.705. The highest BCUT2D eigenvalue weighted by Crippen LogP contribution is 2.31. The molecule has 4 rings (SSSR count). The molecule has 2 aromatic carbocycles. The molecule has 2 heterocycles. The summed E-state index contributed by atoms with van der Waals surface area (Å²) in [5.41, 5.74) is 3.21. The first-order chi connectivity index (χ1) is 13.1. The van der Waals surface area contributed by atoms with E-state index in [9.17, 15) is 9.59 Å². The maximum Gasteiger partial charge on any atom is 0.337 e. The van der Waals surface area contributed by atoms with Crippen molar-refractivity contribution in [3.05, 3.63) is 64.1 Å². The molecule has 27 heavy (non-hydrogen) atoms. The van der Waals surface area contributed by atoms with Crippen LogP contribution in [-0.4, -0.2) is 30.8 Å². The van der Waals surface area contributed by atoms with Gasteiger partial charge in [-0.1, -0.05) is 6.07 Å². The van der Waals surface area contributed by atoms with Gasteiger partial charge in [-0.15, -0.1) is 0 Å². The monoisotopic (exact) mass is 380 g/mol. The second-order valence-corrected chi connectivity index (χ2v) is 7.02. The summed E-state index contributed by atoms with van der Waals surface area (Å²) in [6.07, 6.45) is 2.74. The molecule has 0 aromatic heterocycles. The molecule has 2 aromatic rings. The lowest BCUT2D eigenvalue weighted by Gasteiger charge is -2.00. The summed E-state index contributed by atoms with van der Waals surface area (Å²) in [7, 11) is 1.34. The van der Waals surface area contributed by atoms with Crippen molar-refractivity contribution < 1.29 is 19.1 Å². The van der Waals surface area contributed by atoms with Crippen LogP contribution in [0, 0.1) is 0 Å². The van der Waals surface area contributed by atoms with E-state index in [4.69, 9.17) is 4.74 Å². The zero-order valence-electron chi connectivity index (χ0n) is 14.5. The lowest BCUT2D eigenvalue weighted by Crippen LogP contribution is -2.19. The first-order valence-corrected chi connectivity index (χ1v) is 9.18. The highest BCUT2D eigenvalue weighted by atomic mass is 32.2. The molecule has 0 bridgehead atoms. The molecule has 2 aliphatic heterocycles. The summed E-state index contributed by atoms with van der Waals surface area (Å²) in [6, 6.07) is 12.6. The van der Waals surface area contributed by atoms with E-state index in [1.807, 2.05) is 24.3 Å². The van der Waals surface area contributed by atoms with Crippen molar-refractivity contribution >= 4 is 40.6 Å². The molecule has 0 radical (unpaired) electrons. The Bertz CT molecular complexity index is 980. The van der Waals surface area contributed by atoms with Gasteiger partial charge in [0.05, 0.1) is 29.9 Å². The van der Waals surface area contributed by atoms with Crippen LogP contribution in [0.15, 0.2) is 52.4 Å². The van der Waals surface area contributed by atoms with Gasteiger partial charge in [0.25, 0.3) is 5.91 Å². The number of carbonyl (C=O) groups is 2. The van der Waals surface area contributed by atoms with Crippen molar-refractivity contribution in [1.29, 1.82) is 0 Å². The number of thioether (sulfide) groups is 1. The van der Waals surface area contributed by atoms with Crippen molar-refractivity contribution in [2.24, 2.45) is 4.99 Å². The van der Waals surface area contributed by atoms with E-state index in [-0.39, 0.29) is 5.91 Å². The average molecular weight is 380 g/mol. The normalized spacial score (nSPS) is 18.3. The van der Waals surface area contributed by atoms with Crippen molar-refractivity contribution in [2.75, 3.05) is 13.7 Å². The van der Waals surface area contributed by atoms with Crippen LogP contribution in [0.1, 0.15) is 21.5 Å². The number of ether oxygens (including phenoxy) is 2. The van der Waals surface area contributed by atoms with E-state index >= 15 is 0 Å².